The first-order valence-corrected chi connectivity index (χ1v) is 7.04. The van der Waals surface area contributed by atoms with E-state index in [-0.39, 0.29) is 6.61 Å². The molecule has 1 aromatic rings. The van der Waals surface area contributed by atoms with Crippen LogP contribution >= 0.6 is 0 Å². The van der Waals surface area contributed by atoms with Crippen LogP contribution in [-0.2, 0) is 11.4 Å². The number of nitrogens with zero attached hydrogens (tertiary/aromatic N) is 4. The number of carbonyl (C=O) groups excluding carboxylic acids is 1. The van der Waals surface area contributed by atoms with E-state index in [1.807, 2.05) is 26.0 Å². The molecule has 0 aromatic heterocycles. The number of hydrogen-bond acceptors (Lipinski definition) is 3. The fraction of sp³-hybridized carbons (Fsp3) is 0.467. The molecule has 0 bridgehead atoms. The Kier molecular flexibility index (Phi) is 4.95. The summed E-state index contributed by atoms with van der Waals surface area (Å²) < 4.78 is 0. The van der Waals surface area contributed by atoms with Crippen LogP contribution in [0.4, 0.5) is 0 Å². The molecule has 1 fully saturated rings. The molecular weight excluding hydrogens is 268 g/mol. The minimum atomic E-state index is -0.574. The Hall–Kier alpha value is -2.33. The van der Waals surface area contributed by atoms with Crippen molar-refractivity contribution in [2.24, 2.45) is 10.3 Å². The topological polar surface area (TPSA) is 87.4 Å². The SMILES string of the molecule is CCC(C)=NOCc1c(C(=O)N=[N+]=[N-])cccc1C1CC1. The Bertz CT molecular complexity index is 614. The first-order chi connectivity index (χ1) is 10.2. The monoisotopic (exact) mass is 286 g/mol. The summed E-state index contributed by atoms with van der Waals surface area (Å²) in [5, 5.41) is 7.19. The zero-order chi connectivity index (χ0) is 15.2. The normalized spacial score (nSPS) is 14.5. The largest absolute Gasteiger partial charge is 0.391 e. The highest BCUT2D eigenvalue weighted by Gasteiger charge is 2.28. The van der Waals surface area contributed by atoms with Gasteiger partial charge in [0.15, 0.2) is 0 Å². The lowest BCUT2D eigenvalue weighted by Gasteiger charge is -2.12. The van der Waals surface area contributed by atoms with Crippen LogP contribution in [0.1, 0.15) is 60.5 Å². The van der Waals surface area contributed by atoms with Crippen molar-refractivity contribution in [2.75, 3.05) is 0 Å². The Morgan fingerprint density at radius 3 is 2.86 bits per heavy atom. The number of rotatable bonds is 6. The Labute approximate surface area is 123 Å². The van der Waals surface area contributed by atoms with Gasteiger partial charge in [-0.25, -0.2) is 0 Å². The third-order valence-corrected chi connectivity index (χ3v) is 3.54. The van der Waals surface area contributed by atoms with Crippen molar-refractivity contribution >= 4 is 11.6 Å². The van der Waals surface area contributed by atoms with Gasteiger partial charge in [-0.3, -0.25) is 4.79 Å². The highest BCUT2D eigenvalue weighted by molar-refractivity contribution is 5.96. The number of carbonyl (C=O) groups is 1. The van der Waals surface area contributed by atoms with Gasteiger partial charge in [-0.1, -0.05) is 30.3 Å². The molecule has 1 aliphatic rings. The van der Waals surface area contributed by atoms with E-state index in [0.29, 0.717) is 11.5 Å². The lowest BCUT2D eigenvalue weighted by Crippen LogP contribution is -2.05. The molecule has 0 N–H and O–H groups in total. The van der Waals surface area contributed by atoms with E-state index in [1.54, 1.807) is 6.07 Å². The number of hydrogen-bond donors (Lipinski definition) is 0. The van der Waals surface area contributed by atoms with Gasteiger partial charge in [0.25, 0.3) is 0 Å². The molecular formula is C15H18N4O2. The van der Waals surface area contributed by atoms with Crippen LogP contribution in [0.5, 0.6) is 0 Å². The van der Waals surface area contributed by atoms with Crippen LogP contribution in [0, 0.1) is 0 Å². The van der Waals surface area contributed by atoms with Gasteiger partial charge in [-0.15, -0.1) is 0 Å². The second-order valence-corrected chi connectivity index (χ2v) is 5.10. The zero-order valence-electron chi connectivity index (χ0n) is 12.2. The maximum absolute atomic E-state index is 11.9. The molecule has 1 aliphatic carbocycles. The van der Waals surface area contributed by atoms with Gasteiger partial charge in [0.2, 0.25) is 5.91 Å². The summed E-state index contributed by atoms with van der Waals surface area (Å²) in [4.78, 5) is 19.8. The van der Waals surface area contributed by atoms with Gasteiger partial charge in [-0.05, 0) is 48.3 Å². The zero-order valence-corrected chi connectivity index (χ0v) is 12.2. The van der Waals surface area contributed by atoms with E-state index in [0.717, 1.165) is 36.1 Å². The molecule has 6 nitrogen and oxygen atoms in total. The third kappa shape index (κ3) is 3.83. The van der Waals surface area contributed by atoms with E-state index in [2.05, 4.69) is 15.2 Å². The first kappa shape index (κ1) is 15.1. The molecule has 1 aromatic carbocycles. The Morgan fingerprint density at radius 2 is 2.24 bits per heavy atom. The van der Waals surface area contributed by atoms with Crippen molar-refractivity contribution in [3.63, 3.8) is 0 Å². The highest BCUT2D eigenvalue weighted by atomic mass is 16.6. The average Bonchev–Trinajstić information content (AvgIpc) is 3.32. The van der Waals surface area contributed by atoms with Gasteiger partial charge in [0, 0.05) is 16.0 Å². The molecule has 2 rings (SSSR count). The second-order valence-electron chi connectivity index (χ2n) is 5.10. The molecule has 1 amide bonds. The summed E-state index contributed by atoms with van der Waals surface area (Å²) in [6.45, 7) is 4.10. The maximum atomic E-state index is 11.9. The molecule has 0 spiro atoms. The predicted molar refractivity (Wildman–Crippen MR) is 80.1 cm³/mol. The second kappa shape index (κ2) is 6.90. The van der Waals surface area contributed by atoms with Crippen molar-refractivity contribution in [3.8, 4) is 0 Å². The van der Waals surface area contributed by atoms with E-state index >= 15 is 0 Å². The third-order valence-electron chi connectivity index (χ3n) is 3.54. The summed E-state index contributed by atoms with van der Waals surface area (Å²) in [5.41, 5.74) is 11.6. The fourth-order valence-electron chi connectivity index (χ4n) is 2.11. The Balaban J connectivity index is 2.30. The summed E-state index contributed by atoms with van der Waals surface area (Å²) in [6.07, 6.45) is 3.04. The molecule has 0 aliphatic heterocycles. The quantitative estimate of drug-likeness (QED) is 0.256. The first-order valence-electron chi connectivity index (χ1n) is 7.04. The van der Waals surface area contributed by atoms with Crippen LogP contribution in [0.3, 0.4) is 0 Å². The van der Waals surface area contributed by atoms with Crippen LogP contribution in [0.25, 0.3) is 10.4 Å². The van der Waals surface area contributed by atoms with Crippen LogP contribution < -0.4 is 0 Å². The van der Waals surface area contributed by atoms with E-state index in [9.17, 15) is 4.79 Å². The van der Waals surface area contributed by atoms with E-state index in [4.69, 9.17) is 10.4 Å². The molecule has 1 saturated carbocycles. The summed E-state index contributed by atoms with van der Waals surface area (Å²) >= 11 is 0. The van der Waals surface area contributed by atoms with Crippen LogP contribution in [0.2, 0.25) is 0 Å². The fourth-order valence-corrected chi connectivity index (χ4v) is 2.11. The summed E-state index contributed by atoms with van der Waals surface area (Å²) in [6, 6.07) is 5.48. The molecule has 0 heterocycles. The minimum absolute atomic E-state index is 0.214. The molecule has 0 radical (unpaired) electrons. The molecule has 0 saturated heterocycles. The summed E-state index contributed by atoms with van der Waals surface area (Å²) in [7, 11) is 0. The van der Waals surface area contributed by atoms with E-state index in [1.165, 1.54) is 0 Å². The standard InChI is InChI=1S/C15H18N4O2/c1-3-10(2)18-21-9-14-12(11-7-8-11)5-4-6-13(14)15(20)17-19-16/h4-6,11H,3,7-9H2,1-2H3. The van der Waals surface area contributed by atoms with Crippen LogP contribution in [-0.4, -0.2) is 11.6 Å². The minimum Gasteiger partial charge on any atom is -0.391 e. The molecule has 6 heteroatoms. The molecule has 21 heavy (non-hydrogen) atoms. The number of azide groups is 1. The van der Waals surface area contributed by atoms with Crippen molar-refractivity contribution in [3.05, 3.63) is 45.3 Å². The highest BCUT2D eigenvalue weighted by Crippen LogP contribution is 2.42. The summed E-state index contributed by atoms with van der Waals surface area (Å²) in [5.74, 6) is -0.103. The maximum Gasteiger partial charge on any atom is 0.249 e. The predicted octanol–water partition coefficient (Wildman–Crippen LogP) is 4.32. The van der Waals surface area contributed by atoms with Gasteiger partial charge in [0.1, 0.15) is 6.61 Å². The lowest BCUT2D eigenvalue weighted by atomic mass is 9.98. The number of benzene rings is 1. The van der Waals surface area contributed by atoms with Gasteiger partial charge in [-0.2, -0.15) is 0 Å². The lowest BCUT2D eigenvalue weighted by molar-refractivity contribution is 0.0988. The van der Waals surface area contributed by atoms with Crippen molar-refractivity contribution in [1.29, 1.82) is 0 Å². The van der Waals surface area contributed by atoms with Gasteiger partial charge in [0.05, 0.1) is 5.71 Å². The van der Waals surface area contributed by atoms with Gasteiger partial charge >= 0.3 is 0 Å². The molecule has 0 atom stereocenters. The van der Waals surface area contributed by atoms with Crippen molar-refractivity contribution in [2.45, 2.75) is 45.6 Å². The Morgan fingerprint density at radius 1 is 1.48 bits per heavy atom. The smallest absolute Gasteiger partial charge is 0.249 e. The van der Waals surface area contributed by atoms with Crippen molar-refractivity contribution in [1.82, 2.24) is 0 Å². The van der Waals surface area contributed by atoms with Crippen molar-refractivity contribution < 1.29 is 9.63 Å². The van der Waals surface area contributed by atoms with Gasteiger partial charge < -0.3 is 4.84 Å². The average molecular weight is 286 g/mol. The molecule has 0 unspecified atom stereocenters. The molecule has 110 valence electrons. The number of oxime groups is 1. The van der Waals surface area contributed by atoms with E-state index < -0.39 is 5.91 Å². The number of amides is 1. The van der Waals surface area contributed by atoms with Crippen LogP contribution in [0.15, 0.2) is 28.5 Å².